The van der Waals surface area contributed by atoms with Crippen LogP contribution in [0.15, 0.2) is 30.5 Å². The molecule has 0 aliphatic heterocycles. The maximum absolute atomic E-state index is 3.54. The fraction of sp³-hybridized carbons (Fsp3) is 0.467. The van der Waals surface area contributed by atoms with Crippen molar-refractivity contribution in [1.82, 2.24) is 15.6 Å². The molecule has 0 saturated carbocycles. The Labute approximate surface area is 109 Å². The lowest BCUT2D eigenvalue weighted by atomic mass is 10.1. The van der Waals surface area contributed by atoms with Gasteiger partial charge in [0.05, 0.1) is 0 Å². The van der Waals surface area contributed by atoms with E-state index in [1.165, 1.54) is 22.9 Å². The Hall–Kier alpha value is -1.32. The first-order valence-electron chi connectivity index (χ1n) is 6.79. The molecule has 0 aliphatic carbocycles. The van der Waals surface area contributed by atoms with Crippen LogP contribution in [-0.2, 0) is 6.54 Å². The molecule has 1 atom stereocenters. The number of aromatic amines is 1. The minimum absolute atomic E-state index is 0.499. The van der Waals surface area contributed by atoms with Crippen LogP contribution in [0.5, 0.6) is 0 Å². The van der Waals surface area contributed by atoms with Gasteiger partial charge in [-0.05, 0) is 49.0 Å². The number of fused-ring (bicyclic) bond motifs is 1. The molecule has 0 saturated heterocycles. The fourth-order valence-electron chi connectivity index (χ4n) is 2.07. The van der Waals surface area contributed by atoms with E-state index in [2.05, 4.69) is 53.7 Å². The van der Waals surface area contributed by atoms with Gasteiger partial charge in [0.25, 0.3) is 0 Å². The fourth-order valence-corrected chi connectivity index (χ4v) is 2.07. The SMILES string of the molecule is CCCNCC(C)NCc1ccc2[nH]ccc2c1. The highest BCUT2D eigenvalue weighted by Crippen LogP contribution is 2.14. The molecule has 3 nitrogen and oxygen atoms in total. The number of hydrogen-bond acceptors (Lipinski definition) is 2. The lowest BCUT2D eigenvalue weighted by Gasteiger charge is -2.14. The summed E-state index contributed by atoms with van der Waals surface area (Å²) in [5.74, 6) is 0. The monoisotopic (exact) mass is 245 g/mol. The minimum Gasteiger partial charge on any atom is -0.361 e. The molecule has 0 bridgehead atoms. The van der Waals surface area contributed by atoms with E-state index >= 15 is 0 Å². The first-order chi connectivity index (χ1) is 8.79. The van der Waals surface area contributed by atoms with Gasteiger partial charge < -0.3 is 15.6 Å². The molecule has 0 fully saturated rings. The van der Waals surface area contributed by atoms with Gasteiger partial charge in [0.15, 0.2) is 0 Å². The van der Waals surface area contributed by atoms with Gasteiger partial charge in [0.1, 0.15) is 0 Å². The number of nitrogens with one attached hydrogen (secondary N) is 3. The third-order valence-electron chi connectivity index (χ3n) is 3.15. The Morgan fingerprint density at radius 3 is 3.00 bits per heavy atom. The van der Waals surface area contributed by atoms with E-state index in [0.717, 1.165) is 19.6 Å². The summed E-state index contributed by atoms with van der Waals surface area (Å²) in [4.78, 5) is 3.22. The van der Waals surface area contributed by atoms with Crippen LogP contribution in [0, 0.1) is 0 Å². The van der Waals surface area contributed by atoms with Gasteiger partial charge in [-0.3, -0.25) is 0 Å². The number of benzene rings is 1. The predicted octanol–water partition coefficient (Wildman–Crippen LogP) is 2.65. The molecule has 2 rings (SSSR count). The Morgan fingerprint density at radius 1 is 1.28 bits per heavy atom. The zero-order chi connectivity index (χ0) is 12.8. The summed E-state index contributed by atoms with van der Waals surface area (Å²) in [5.41, 5.74) is 2.54. The molecule has 1 aromatic carbocycles. The van der Waals surface area contributed by atoms with E-state index < -0.39 is 0 Å². The zero-order valence-electron chi connectivity index (χ0n) is 11.3. The van der Waals surface area contributed by atoms with Crippen molar-refractivity contribution in [3.63, 3.8) is 0 Å². The van der Waals surface area contributed by atoms with Crippen molar-refractivity contribution in [2.75, 3.05) is 13.1 Å². The second-order valence-corrected chi connectivity index (χ2v) is 4.89. The normalized spacial score (nSPS) is 13.0. The van der Waals surface area contributed by atoms with E-state index in [4.69, 9.17) is 0 Å². The van der Waals surface area contributed by atoms with Gasteiger partial charge in [-0.15, -0.1) is 0 Å². The topological polar surface area (TPSA) is 39.8 Å². The standard InChI is InChI=1S/C15H23N3/c1-3-7-16-10-12(2)18-11-13-4-5-15-14(9-13)6-8-17-15/h4-6,8-9,12,16-18H,3,7,10-11H2,1-2H3. The van der Waals surface area contributed by atoms with Crippen LogP contribution in [0.2, 0.25) is 0 Å². The van der Waals surface area contributed by atoms with E-state index in [-0.39, 0.29) is 0 Å². The summed E-state index contributed by atoms with van der Waals surface area (Å²) in [6.45, 7) is 7.46. The smallest absolute Gasteiger partial charge is 0.0454 e. The Kier molecular flexibility index (Phi) is 4.79. The Morgan fingerprint density at radius 2 is 2.17 bits per heavy atom. The lowest BCUT2D eigenvalue weighted by molar-refractivity contribution is 0.501. The Bertz CT molecular complexity index is 475. The maximum Gasteiger partial charge on any atom is 0.0454 e. The predicted molar refractivity (Wildman–Crippen MR) is 77.8 cm³/mol. The second kappa shape index (κ2) is 6.57. The summed E-state index contributed by atoms with van der Waals surface area (Å²) in [6, 6.07) is 9.18. The molecule has 3 heteroatoms. The number of hydrogen-bond donors (Lipinski definition) is 3. The van der Waals surface area contributed by atoms with E-state index in [1.54, 1.807) is 0 Å². The van der Waals surface area contributed by atoms with Crippen molar-refractivity contribution in [1.29, 1.82) is 0 Å². The van der Waals surface area contributed by atoms with Crippen LogP contribution in [-0.4, -0.2) is 24.1 Å². The number of aromatic nitrogens is 1. The van der Waals surface area contributed by atoms with Crippen LogP contribution < -0.4 is 10.6 Å². The van der Waals surface area contributed by atoms with Gasteiger partial charge in [0.2, 0.25) is 0 Å². The van der Waals surface area contributed by atoms with Gasteiger partial charge in [-0.1, -0.05) is 13.0 Å². The van der Waals surface area contributed by atoms with E-state index in [0.29, 0.717) is 6.04 Å². The highest BCUT2D eigenvalue weighted by molar-refractivity contribution is 5.79. The molecule has 18 heavy (non-hydrogen) atoms. The van der Waals surface area contributed by atoms with Gasteiger partial charge in [-0.2, -0.15) is 0 Å². The highest BCUT2D eigenvalue weighted by atomic mass is 15.0. The third kappa shape index (κ3) is 3.59. The molecule has 0 aliphatic rings. The quantitative estimate of drug-likeness (QED) is 0.656. The van der Waals surface area contributed by atoms with Crippen molar-refractivity contribution < 1.29 is 0 Å². The first-order valence-corrected chi connectivity index (χ1v) is 6.79. The summed E-state index contributed by atoms with van der Waals surface area (Å²) in [6.07, 6.45) is 3.18. The molecule has 0 radical (unpaired) electrons. The third-order valence-corrected chi connectivity index (χ3v) is 3.15. The van der Waals surface area contributed by atoms with Crippen LogP contribution in [0.1, 0.15) is 25.8 Å². The van der Waals surface area contributed by atoms with Crippen LogP contribution in [0.4, 0.5) is 0 Å². The highest BCUT2D eigenvalue weighted by Gasteiger charge is 2.01. The average Bonchev–Trinajstić information content (AvgIpc) is 2.84. The molecule has 0 amide bonds. The van der Waals surface area contributed by atoms with E-state index in [1.807, 2.05) is 6.20 Å². The molecule has 98 valence electrons. The van der Waals surface area contributed by atoms with Crippen molar-refractivity contribution >= 4 is 10.9 Å². The van der Waals surface area contributed by atoms with Crippen molar-refractivity contribution in [3.05, 3.63) is 36.0 Å². The molecule has 3 N–H and O–H groups in total. The van der Waals surface area contributed by atoms with Crippen LogP contribution in [0.25, 0.3) is 10.9 Å². The van der Waals surface area contributed by atoms with E-state index in [9.17, 15) is 0 Å². The van der Waals surface area contributed by atoms with Crippen LogP contribution in [0.3, 0.4) is 0 Å². The number of H-pyrrole nitrogens is 1. The summed E-state index contributed by atoms with van der Waals surface area (Å²) >= 11 is 0. The second-order valence-electron chi connectivity index (χ2n) is 4.89. The molecule has 1 unspecified atom stereocenters. The van der Waals surface area contributed by atoms with Crippen molar-refractivity contribution in [3.8, 4) is 0 Å². The molecular weight excluding hydrogens is 222 g/mol. The molecule has 1 aromatic heterocycles. The first kappa shape index (κ1) is 13.1. The largest absolute Gasteiger partial charge is 0.361 e. The molecule has 1 heterocycles. The van der Waals surface area contributed by atoms with Crippen molar-refractivity contribution in [2.24, 2.45) is 0 Å². The summed E-state index contributed by atoms with van der Waals surface area (Å²) in [7, 11) is 0. The van der Waals surface area contributed by atoms with Crippen molar-refractivity contribution in [2.45, 2.75) is 32.9 Å². The average molecular weight is 245 g/mol. The Balaban J connectivity index is 1.81. The summed E-state index contributed by atoms with van der Waals surface area (Å²) in [5, 5.41) is 8.25. The lowest BCUT2D eigenvalue weighted by Crippen LogP contribution is -2.36. The molecule has 2 aromatic rings. The van der Waals surface area contributed by atoms with Crippen LogP contribution >= 0.6 is 0 Å². The summed E-state index contributed by atoms with van der Waals surface area (Å²) < 4.78 is 0. The van der Waals surface area contributed by atoms with Gasteiger partial charge in [0, 0.05) is 30.8 Å². The molecule has 0 spiro atoms. The van der Waals surface area contributed by atoms with Gasteiger partial charge in [-0.25, -0.2) is 0 Å². The van der Waals surface area contributed by atoms with Gasteiger partial charge >= 0.3 is 0 Å². The maximum atomic E-state index is 3.54. The zero-order valence-corrected chi connectivity index (χ0v) is 11.3. The molecular formula is C15H23N3. The minimum atomic E-state index is 0.499. The number of rotatable bonds is 7.